The molecule has 0 heterocycles. The second-order valence-corrected chi connectivity index (χ2v) is 54.5. The van der Waals surface area contributed by atoms with Crippen molar-refractivity contribution in [2.24, 2.45) is 69.5 Å². The highest BCUT2D eigenvalue weighted by molar-refractivity contribution is 9.69. The van der Waals surface area contributed by atoms with Crippen molar-refractivity contribution in [1.29, 1.82) is 0 Å². The van der Waals surface area contributed by atoms with Gasteiger partial charge >= 0.3 is 31.4 Å². The highest BCUT2D eigenvalue weighted by atomic mass is 80.0. The Hall–Kier alpha value is 3.48. The number of benzene rings is 2. The molecule has 0 aliphatic heterocycles. The van der Waals surface area contributed by atoms with Gasteiger partial charge in [-0.2, -0.15) is 42.2 Å². The standard InChI is InChI=1S/2C12H20.C12H10.C12H20.3Al.3BrH.6ClH/c1-11-4-9-3-10(5-11)7-12(2,6-9)8-11;2*1-3-9-4-2-6-11-8-7-10(5-1)12(9)11;1-2-12-6-9-3-10(7-12)5-11(4-9)8-12;;;;;;;;;;;;/h9-10H,3-8H2,1-2H3;9-12H,1-8H2;1-6H,7-8H2;9-11H,2-8H2,1H3;;;;9*1H/q;;;;3*+3;;;;;;;;;/p-9. The number of aryl methyl sites for hydroxylation is 2. The molecule has 2 unspecified atom stereocenters. The van der Waals surface area contributed by atoms with Crippen molar-refractivity contribution in [1.82, 2.24) is 0 Å². The molecule has 0 aromatic heterocycles. The molecule has 60 heavy (non-hydrogen) atoms. The van der Waals surface area contributed by atoms with Crippen molar-refractivity contribution in [3.8, 4) is 0 Å². The predicted molar refractivity (Wildman–Crippen MR) is 283 cm³/mol. The van der Waals surface area contributed by atoms with Crippen LogP contribution < -0.4 is 0 Å². The van der Waals surface area contributed by atoms with Crippen LogP contribution in [0, 0.1) is 69.5 Å². The Morgan fingerprint density at radius 2 is 0.900 bits per heavy atom. The zero-order valence-corrected chi connectivity index (χ0v) is 49.3. The molecule has 0 N–H and O–H groups in total. The van der Waals surface area contributed by atoms with E-state index in [1.54, 1.807) is 122 Å². The van der Waals surface area contributed by atoms with E-state index in [0.717, 1.165) is 45.8 Å². The summed E-state index contributed by atoms with van der Waals surface area (Å²) in [5, 5.41) is 2.92. The van der Waals surface area contributed by atoms with Crippen molar-refractivity contribution in [2.75, 3.05) is 0 Å². The average molecular weight is 1180 g/mol. The molecule has 14 rings (SSSR count). The topological polar surface area (TPSA) is 0 Å². The molecular formula is C48H70Al3Br3Cl6. The van der Waals surface area contributed by atoms with Gasteiger partial charge in [-0.25, -0.2) is 60.3 Å². The predicted octanol–water partition coefficient (Wildman–Crippen LogP) is 19.3. The normalized spacial score (nSPS) is 38.3. The molecule has 0 saturated heterocycles. The van der Waals surface area contributed by atoms with Crippen molar-refractivity contribution >= 4 is 145 Å². The van der Waals surface area contributed by atoms with Crippen LogP contribution in [-0.2, 0) is 12.8 Å². The Balaban J connectivity index is 0.000000123. The first-order valence-corrected chi connectivity index (χ1v) is 43.7. The first kappa shape index (κ1) is 52.8. The molecule has 2 aromatic carbocycles. The van der Waals surface area contributed by atoms with Gasteiger partial charge in [0.05, 0.1) is 0 Å². The smallest absolute Gasteiger partial charge is 0.214 e. The summed E-state index contributed by atoms with van der Waals surface area (Å²) in [7, 11) is 29.0. The molecule has 8 bridgehead atoms. The van der Waals surface area contributed by atoms with Gasteiger partial charge in [0.15, 0.2) is 0 Å². The fraction of sp³-hybridized carbons (Fsp3) is 0.792. The minimum atomic E-state index is -1.72. The summed E-state index contributed by atoms with van der Waals surface area (Å²) in [4.78, 5) is 0. The van der Waals surface area contributed by atoms with Crippen LogP contribution in [0.2, 0.25) is 0 Å². The van der Waals surface area contributed by atoms with Gasteiger partial charge in [0.1, 0.15) is 0 Å². The Kier molecular flexibility index (Phi) is 21.4. The summed E-state index contributed by atoms with van der Waals surface area (Å²) in [6, 6.07) is 13.2. The highest BCUT2D eigenvalue weighted by Gasteiger charge is 2.53. The van der Waals surface area contributed by atoms with E-state index in [4.69, 9.17) is 60.3 Å². The third kappa shape index (κ3) is 15.2. The second kappa shape index (κ2) is 24.3. The Morgan fingerprint density at radius 3 is 1.25 bits per heavy atom. The monoisotopic (exact) mass is 1170 g/mol. The van der Waals surface area contributed by atoms with Crippen LogP contribution in [-0.4, -0.2) is 31.4 Å². The first-order chi connectivity index (χ1) is 28.5. The quantitative estimate of drug-likeness (QED) is 0.250. The van der Waals surface area contributed by atoms with Crippen molar-refractivity contribution in [3.63, 3.8) is 0 Å². The van der Waals surface area contributed by atoms with Gasteiger partial charge in [-0.1, -0.05) is 102 Å². The Labute approximate surface area is 424 Å². The molecule has 334 valence electrons. The average Bonchev–Trinajstić information content (AvgIpc) is 3.77. The van der Waals surface area contributed by atoms with Crippen LogP contribution in [0.5, 0.6) is 0 Å². The van der Waals surface area contributed by atoms with Crippen LogP contribution in [0.3, 0.4) is 0 Å². The molecular weight excluding hydrogens is 1110 g/mol. The maximum atomic E-state index is 4.94. The lowest BCUT2D eigenvalue weighted by Gasteiger charge is -2.60. The van der Waals surface area contributed by atoms with Crippen molar-refractivity contribution in [2.45, 2.75) is 168 Å². The zero-order chi connectivity index (χ0) is 43.2. The molecule has 0 spiro atoms. The minimum absolute atomic E-state index is 0.701. The van der Waals surface area contributed by atoms with E-state index in [1.165, 1.54) is 71.3 Å². The van der Waals surface area contributed by atoms with Gasteiger partial charge in [-0.15, -0.1) is 0 Å². The maximum Gasteiger partial charge on any atom is 0.643 e. The number of hydrogen-bond acceptors (Lipinski definition) is 0. The molecule has 12 aliphatic carbocycles. The Morgan fingerprint density at radius 1 is 0.550 bits per heavy atom. The lowest BCUT2D eigenvalue weighted by molar-refractivity contribution is -0.0920. The van der Waals surface area contributed by atoms with Crippen LogP contribution in [0.15, 0.2) is 36.4 Å². The van der Waals surface area contributed by atoms with Gasteiger partial charge in [0.25, 0.3) is 0 Å². The van der Waals surface area contributed by atoms with Gasteiger partial charge in [-0.05, 0) is 194 Å². The van der Waals surface area contributed by atoms with E-state index in [2.05, 4.69) is 99.3 Å². The fourth-order valence-electron chi connectivity index (χ4n) is 16.6. The summed E-state index contributed by atoms with van der Waals surface area (Å²) >= 11 is 6.28. The van der Waals surface area contributed by atoms with E-state index in [-0.39, 0.29) is 0 Å². The van der Waals surface area contributed by atoms with Gasteiger partial charge in [0, 0.05) is 0 Å². The van der Waals surface area contributed by atoms with Crippen LogP contribution >= 0.6 is 102 Å². The SMILES string of the molecule is C1CC2CCCC3CCC(C1)C23.CC12CC3CC(C1)CC(C)(C3)C2.CCC12CC3CC(CC(C3)C1)C2.[Br][Al]([Br])[Br].[Cl][Al]([Cl])[Cl].[Cl][Al]([Cl])[Cl].c1cc2c3c(cccc3c1)CC2. The largest absolute Gasteiger partial charge is 0.643 e. The minimum Gasteiger partial charge on any atom is -0.214 e. The van der Waals surface area contributed by atoms with Crippen molar-refractivity contribution < 1.29 is 0 Å². The molecule has 0 nitrogen and oxygen atoms in total. The molecule has 0 amide bonds. The van der Waals surface area contributed by atoms with Gasteiger partial charge < -0.3 is 0 Å². The molecule has 11 fully saturated rings. The highest BCUT2D eigenvalue weighted by Crippen LogP contribution is 2.65. The van der Waals surface area contributed by atoms with Crippen molar-refractivity contribution in [3.05, 3.63) is 47.5 Å². The molecule has 11 saturated carbocycles. The number of hydrogen-bond donors (Lipinski definition) is 0. The fourth-order valence-corrected chi connectivity index (χ4v) is 16.6. The number of rotatable bonds is 1. The summed E-state index contributed by atoms with van der Waals surface area (Å²) in [5.41, 5.74) is 5.43. The first-order valence-electron chi connectivity index (χ1n) is 23.7. The molecule has 2 atom stereocenters. The lowest BCUT2D eigenvalue weighted by Crippen LogP contribution is -2.49. The molecule has 0 radical (unpaired) electrons. The summed E-state index contributed by atoms with van der Waals surface area (Å²) in [5.74, 6) is 10.4. The summed E-state index contributed by atoms with van der Waals surface area (Å²) in [6.07, 6.45) is 35.4. The summed E-state index contributed by atoms with van der Waals surface area (Å²) < 4.78 is 0. The van der Waals surface area contributed by atoms with E-state index < -0.39 is 31.4 Å². The molecule has 12 heteroatoms. The second-order valence-electron chi connectivity index (χ2n) is 21.8. The van der Waals surface area contributed by atoms with Gasteiger partial charge in [-0.3, -0.25) is 0 Å². The maximum absolute atomic E-state index is 4.94. The summed E-state index contributed by atoms with van der Waals surface area (Å²) in [6.45, 7) is 7.51. The van der Waals surface area contributed by atoms with E-state index >= 15 is 0 Å². The molecule has 2 aromatic rings. The third-order valence-electron chi connectivity index (χ3n) is 17.1. The van der Waals surface area contributed by atoms with Crippen LogP contribution in [0.1, 0.15) is 167 Å². The lowest BCUT2D eigenvalue weighted by atomic mass is 9.45. The number of halogens is 9. The van der Waals surface area contributed by atoms with E-state index in [0.29, 0.717) is 0 Å². The van der Waals surface area contributed by atoms with Gasteiger partial charge in [0.2, 0.25) is 0 Å². The molecule has 12 aliphatic rings. The zero-order valence-electron chi connectivity index (χ0n) is 36.6. The Bertz CT molecular complexity index is 1500. The van der Waals surface area contributed by atoms with E-state index in [1.807, 2.05) is 0 Å². The van der Waals surface area contributed by atoms with Crippen LogP contribution in [0.4, 0.5) is 0 Å². The third-order valence-corrected chi connectivity index (χ3v) is 17.1. The van der Waals surface area contributed by atoms with E-state index in [9.17, 15) is 0 Å². The van der Waals surface area contributed by atoms with Crippen LogP contribution in [0.25, 0.3) is 10.8 Å².